The first kappa shape index (κ1) is 10.8. The van der Waals surface area contributed by atoms with Gasteiger partial charge in [0.15, 0.2) is 5.76 Å². The number of nitrogens with zero attached hydrogens (tertiary/aromatic N) is 2. The van der Waals surface area contributed by atoms with Crippen LogP contribution in [0.15, 0.2) is 22.6 Å². The fourth-order valence-corrected chi connectivity index (χ4v) is 2.12. The first-order chi connectivity index (χ1) is 8.69. The quantitative estimate of drug-likeness (QED) is 0.874. The maximum absolute atomic E-state index is 9.15. The van der Waals surface area contributed by atoms with E-state index in [1.54, 1.807) is 0 Å². The van der Waals surface area contributed by atoms with E-state index in [1.807, 2.05) is 25.1 Å². The minimum Gasteiger partial charge on any atom is -0.460 e. The van der Waals surface area contributed by atoms with Crippen LogP contribution in [0, 0.1) is 18.3 Å². The highest BCUT2D eigenvalue weighted by Gasteiger charge is 2.28. The Bertz CT molecular complexity index is 648. The van der Waals surface area contributed by atoms with Gasteiger partial charge in [0.2, 0.25) is 0 Å². The minimum absolute atomic E-state index is 0.297. The van der Waals surface area contributed by atoms with Gasteiger partial charge in [0.1, 0.15) is 23.3 Å². The fraction of sp³-hybridized carbons (Fsp3) is 0.286. The summed E-state index contributed by atoms with van der Waals surface area (Å²) in [5, 5.41) is 9.15. The van der Waals surface area contributed by atoms with Gasteiger partial charge >= 0.3 is 0 Å². The topological polar surface area (TPSA) is 75.8 Å². The van der Waals surface area contributed by atoms with Crippen LogP contribution < -0.4 is 5.73 Å². The largest absolute Gasteiger partial charge is 0.460 e. The van der Waals surface area contributed by atoms with E-state index in [2.05, 4.69) is 11.1 Å². The van der Waals surface area contributed by atoms with Crippen LogP contribution in [0.4, 0.5) is 5.82 Å². The lowest BCUT2D eigenvalue weighted by molar-refractivity contribution is 0.546. The van der Waals surface area contributed by atoms with E-state index in [4.69, 9.17) is 15.4 Å². The monoisotopic (exact) mass is 239 g/mol. The normalized spacial score (nSPS) is 14.4. The minimum atomic E-state index is 0.297. The second-order valence-corrected chi connectivity index (χ2v) is 4.65. The molecule has 1 saturated carbocycles. The van der Waals surface area contributed by atoms with Crippen molar-refractivity contribution < 1.29 is 4.42 Å². The summed E-state index contributed by atoms with van der Waals surface area (Å²) in [4.78, 5) is 4.26. The van der Waals surface area contributed by atoms with Crippen LogP contribution in [0.5, 0.6) is 0 Å². The van der Waals surface area contributed by atoms with Crippen LogP contribution in [0.1, 0.15) is 35.6 Å². The Labute approximate surface area is 105 Å². The Kier molecular flexibility index (Phi) is 2.34. The van der Waals surface area contributed by atoms with E-state index in [0.29, 0.717) is 28.8 Å². The molecule has 0 bridgehead atoms. The summed E-state index contributed by atoms with van der Waals surface area (Å²) < 4.78 is 5.55. The molecule has 1 fully saturated rings. The third-order valence-corrected chi connectivity index (χ3v) is 3.20. The molecule has 0 aromatic carbocycles. The Balaban J connectivity index is 2.15. The van der Waals surface area contributed by atoms with Crippen molar-refractivity contribution in [3.63, 3.8) is 0 Å². The molecule has 90 valence electrons. The zero-order valence-corrected chi connectivity index (χ0v) is 10.1. The van der Waals surface area contributed by atoms with Gasteiger partial charge in [-0.15, -0.1) is 0 Å². The number of pyridine rings is 1. The smallest absolute Gasteiger partial charge is 0.152 e. The molecule has 2 aromatic heterocycles. The van der Waals surface area contributed by atoms with Gasteiger partial charge in [-0.3, -0.25) is 0 Å². The van der Waals surface area contributed by atoms with Crippen LogP contribution in [-0.2, 0) is 0 Å². The van der Waals surface area contributed by atoms with Crippen LogP contribution in [0.25, 0.3) is 11.5 Å². The Hall–Kier alpha value is -2.28. The number of nitriles is 1. The zero-order valence-electron chi connectivity index (χ0n) is 10.1. The first-order valence-corrected chi connectivity index (χ1v) is 5.96. The molecule has 2 N–H and O–H groups in total. The van der Waals surface area contributed by atoms with Crippen LogP contribution in [0.3, 0.4) is 0 Å². The highest BCUT2D eigenvalue weighted by Crippen LogP contribution is 2.43. The molecule has 1 aliphatic carbocycles. The molecular formula is C14H13N3O. The summed E-state index contributed by atoms with van der Waals surface area (Å²) in [7, 11) is 0. The number of nitrogen functional groups attached to an aromatic ring is 1. The number of rotatable bonds is 2. The lowest BCUT2D eigenvalue weighted by atomic mass is 10.0. The van der Waals surface area contributed by atoms with Gasteiger partial charge in [-0.05, 0) is 49.4 Å². The van der Waals surface area contributed by atoms with Crippen molar-refractivity contribution in [1.82, 2.24) is 4.98 Å². The maximum Gasteiger partial charge on any atom is 0.152 e. The van der Waals surface area contributed by atoms with Crippen molar-refractivity contribution >= 4 is 5.82 Å². The van der Waals surface area contributed by atoms with E-state index in [-0.39, 0.29) is 0 Å². The Morgan fingerprint density at radius 3 is 2.78 bits per heavy atom. The summed E-state index contributed by atoms with van der Waals surface area (Å²) in [6, 6.07) is 7.85. The molecule has 0 amide bonds. The molecule has 1 aliphatic rings. The molecule has 0 aliphatic heterocycles. The van der Waals surface area contributed by atoms with Gasteiger partial charge in [0, 0.05) is 0 Å². The number of aryl methyl sites for hydroxylation is 1. The molecule has 18 heavy (non-hydrogen) atoms. The number of furan rings is 1. The molecule has 4 heteroatoms. The molecule has 0 atom stereocenters. The highest BCUT2D eigenvalue weighted by molar-refractivity contribution is 5.64. The van der Waals surface area contributed by atoms with Crippen molar-refractivity contribution in [1.29, 1.82) is 5.26 Å². The summed E-state index contributed by atoms with van der Waals surface area (Å²) in [5.41, 5.74) is 8.10. The van der Waals surface area contributed by atoms with Crippen molar-refractivity contribution in [3.8, 4) is 17.5 Å². The number of anilines is 1. The van der Waals surface area contributed by atoms with Gasteiger partial charge in [0.05, 0.1) is 5.56 Å². The van der Waals surface area contributed by atoms with Crippen LogP contribution in [0.2, 0.25) is 0 Å². The predicted octanol–water partition coefficient (Wildman–Crippen LogP) is 2.98. The van der Waals surface area contributed by atoms with Gasteiger partial charge in [0.25, 0.3) is 0 Å². The molecule has 2 heterocycles. The zero-order chi connectivity index (χ0) is 12.7. The molecule has 2 aromatic rings. The Morgan fingerprint density at radius 1 is 1.44 bits per heavy atom. The van der Waals surface area contributed by atoms with Crippen LogP contribution in [-0.4, -0.2) is 4.98 Å². The SMILES string of the molecule is Cc1ccc(-c2cc(C3CC3)c(C#N)c(N)n2)o1. The van der Waals surface area contributed by atoms with Gasteiger partial charge < -0.3 is 10.2 Å². The average molecular weight is 239 g/mol. The maximum atomic E-state index is 9.15. The van der Waals surface area contributed by atoms with Gasteiger partial charge in [-0.1, -0.05) is 0 Å². The van der Waals surface area contributed by atoms with Crippen molar-refractivity contribution in [2.45, 2.75) is 25.7 Å². The summed E-state index contributed by atoms with van der Waals surface area (Å²) in [6.45, 7) is 1.89. The van der Waals surface area contributed by atoms with E-state index in [9.17, 15) is 0 Å². The molecule has 0 spiro atoms. The summed E-state index contributed by atoms with van der Waals surface area (Å²) in [5.74, 6) is 2.29. The number of hydrogen-bond acceptors (Lipinski definition) is 4. The molecule has 3 rings (SSSR count). The van der Waals surface area contributed by atoms with Gasteiger partial charge in [-0.2, -0.15) is 5.26 Å². The number of nitrogens with two attached hydrogens (primary N) is 1. The number of aromatic nitrogens is 1. The fourth-order valence-electron chi connectivity index (χ4n) is 2.12. The Morgan fingerprint density at radius 2 is 2.22 bits per heavy atom. The third-order valence-electron chi connectivity index (χ3n) is 3.20. The molecule has 0 radical (unpaired) electrons. The van der Waals surface area contributed by atoms with Crippen molar-refractivity contribution in [2.24, 2.45) is 0 Å². The van der Waals surface area contributed by atoms with E-state index < -0.39 is 0 Å². The summed E-state index contributed by atoms with van der Waals surface area (Å²) in [6.07, 6.45) is 2.24. The molecular weight excluding hydrogens is 226 g/mol. The molecule has 4 nitrogen and oxygen atoms in total. The van der Waals surface area contributed by atoms with Crippen LogP contribution >= 0.6 is 0 Å². The average Bonchev–Trinajstić information content (AvgIpc) is 3.10. The van der Waals surface area contributed by atoms with E-state index >= 15 is 0 Å². The van der Waals surface area contributed by atoms with E-state index in [1.165, 1.54) is 0 Å². The van der Waals surface area contributed by atoms with Crippen molar-refractivity contribution in [3.05, 3.63) is 35.1 Å². The molecule has 0 unspecified atom stereocenters. The molecule has 0 saturated heterocycles. The number of hydrogen-bond donors (Lipinski definition) is 1. The highest BCUT2D eigenvalue weighted by atomic mass is 16.3. The van der Waals surface area contributed by atoms with Crippen molar-refractivity contribution in [2.75, 3.05) is 5.73 Å². The van der Waals surface area contributed by atoms with Gasteiger partial charge in [-0.25, -0.2) is 4.98 Å². The third kappa shape index (κ3) is 1.74. The second-order valence-electron chi connectivity index (χ2n) is 4.65. The second kappa shape index (κ2) is 3.88. The lowest BCUT2D eigenvalue weighted by Crippen LogP contribution is -2.00. The first-order valence-electron chi connectivity index (χ1n) is 5.96. The lowest BCUT2D eigenvalue weighted by Gasteiger charge is -2.07. The predicted molar refractivity (Wildman–Crippen MR) is 67.8 cm³/mol. The standard InChI is InChI=1S/C14H13N3O/c1-8-2-5-13(18-8)12-6-10(9-3-4-9)11(7-15)14(16)17-12/h2,5-6,9H,3-4H2,1H3,(H2,16,17). The summed E-state index contributed by atoms with van der Waals surface area (Å²) >= 11 is 0. The van der Waals surface area contributed by atoms with E-state index in [0.717, 1.165) is 24.2 Å².